The second-order valence-electron chi connectivity index (χ2n) is 6.25. The van der Waals surface area contributed by atoms with Crippen LogP contribution in [0.15, 0.2) is 48.5 Å². The van der Waals surface area contributed by atoms with Gasteiger partial charge in [0.05, 0.1) is 13.2 Å². The first-order valence-corrected chi connectivity index (χ1v) is 9.10. The fraction of sp³-hybridized carbons (Fsp3) is 0.333. The molecule has 0 unspecified atom stereocenters. The highest BCUT2D eigenvalue weighted by molar-refractivity contribution is 5.94. The molecule has 0 saturated carbocycles. The summed E-state index contributed by atoms with van der Waals surface area (Å²) in [6.07, 6.45) is 2.12. The summed E-state index contributed by atoms with van der Waals surface area (Å²) in [7, 11) is 1.72. The molecule has 2 rings (SSSR count). The van der Waals surface area contributed by atoms with Gasteiger partial charge in [-0.15, -0.1) is 0 Å². The molecule has 0 aliphatic rings. The van der Waals surface area contributed by atoms with Crippen LogP contribution in [0.4, 0.5) is 17.1 Å². The van der Waals surface area contributed by atoms with Crippen molar-refractivity contribution in [3.8, 4) is 5.75 Å². The van der Waals surface area contributed by atoms with Gasteiger partial charge in [-0.05, 0) is 55.0 Å². The number of ether oxygens (including phenoxy) is 1. The highest BCUT2D eigenvalue weighted by atomic mass is 16.5. The van der Waals surface area contributed by atoms with Crippen molar-refractivity contribution in [1.82, 2.24) is 0 Å². The number of amides is 2. The van der Waals surface area contributed by atoms with Crippen LogP contribution in [0, 0.1) is 0 Å². The van der Waals surface area contributed by atoms with E-state index in [9.17, 15) is 9.59 Å². The summed E-state index contributed by atoms with van der Waals surface area (Å²) in [5.74, 6) is 0.631. The molecule has 2 N–H and O–H groups in total. The lowest BCUT2D eigenvalue weighted by atomic mass is 10.2. The van der Waals surface area contributed by atoms with Crippen molar-refractivity contribution >= 4 is 28.9 Å². The van der Waals surface area contributed by atoms with Gasteiger partial charge in [-0.25, -0.2) is 0 Å². The molecule has 0 saturated heterocycles. The minimum atomic E-state index is -0.139. The SMILES string of the molecule is CCCCOc1ccc(NC(=O)CNc2ccc(N(C)C(C)=O)cc2)cc1. The summed E-state index contributed by atoms with van der Waals surface area (Å²) in [6.45, 7) is 4.49. The van der Waals surface area contributed by atoms with Crippen molar-refractivity contribution in [2.24, 2.45) is 0 Å². The lowest BCUT2D eigenvalue weighted by molar-refractivity contribution is -0.116. The summed E-state index contributed by atoms with van der Waals surface area (Å²) in [4.78, 5) is 25.0. The molecule has 6 nitrogen and oxygen atoms in total. The Hall–Kier alpha value is -3.02. The molecule has 2 amide bonds. The average Bonchev–Trinajstić information content (AvgIpc) is 2.67. The number of hydrogen-bond donors (Lipinski definition) is 2. The second kappa shape index (κ2) is 10.2. The van der Waals surface area contributed by atoms with Crippen molar-refractivity contribution < 1.29 is 14.3 Å². The van der Waals surface area contributed by atoms with Crippen LogP contribution in [0.25, 0.3) is 0 Å². The third-order valence-corrected chi connectivity index (χ3v) is 4.08. The molecule has 0 radical (unpaired) electrons. The minimum Gasteiger partial charge on any atom is -0.494 e. The third-order valence-electron chi connectivity index (χ3n) is 4.08. The van der Waals surface area contributed by atoms with E-state index in [1.807, 2.05) is 48.5 Å². The summed E-state index contributed by atoms with van der Waals surface area (Å²) < 4.78 is 5.60. The Balaban J connectivity index is 1.79. The topological polar surface area (TPSA) is 70.7 Å². The van der Waals surface area contributed by atoms with Gasteiger partial charge >= 0.3 is 0 Å². The largest absolute Gasteiger partial charge is 0.494 e. The van der Waals surface area contributed by atoms with E-state index >= 15 is 0 Å². The summed E-state index contributed by atoms with van der Waals surface area (Å²) in [5.41, 5.74) is 2.34. The van der Waals surface area contributed by atoms with Crippen molar-refractivity contribution in [1.29, 1.82) is 0 Å². The maximum atomic E-state index is 12.1. The van der Waals surface area contributed by atoms with Crippen LogP contribution in [0.3, 0.4) is 0 Å². The number of benzene rings is 2. The van der Waals surface area contributed by atoms with Gasteiger partial charge in [-0.3, -0.25) is 9.59 Å². The smallest absolute Gasteiger partial charge is 0.243 e. The average molecular weight is 369 g/mol. The highest BCUT2D eigenvalue weighted by Crippen LogP contribution is 2.18. The molecule has 2 aromatic carbocycles. The van der Waals surface area contributed by atoms with Gasteiger partial charge in [0, 0.05) is 31.0 Å². The van der Waals surface area contributed by atoms with E-state index in [2.05, 4.69) is 17.6 Å². The molecule has 0 spiro atoms. The van der Waals surface area contributed by atoms with Crippen LogP contribution in [-0.2, 0) is 9.59 Å². The molecule has 0 aliphatic carbocycles. The fourth-order valence-electron chi connectivity index (χ4n) is 2.34. The van der Waals surface area contributed by atoms with Gasteiger partial charge in [0.1, 0.15) is 5.75 Å². The molecular weight excluding hydrogens is 342 g/mol. The molecule has 0 atom stereocenters. The minimum absolute atomic E-state index is 0.0307. The van der Waals surface area contributed by atoms with Gasteiger partial charge in [0.2, 0.25) is 11.8 Å². The Bertz CT molecular complexity index is 742. The second-order valence-corrected chi connectivity index (χ2v) is 6.25. The van der Waals surface area contributed by atoms with E-state index in [1.54, 1.807) is 11.9 Å². The number of carbonyl (C=O) groups excluding carboxylic acids is 2. The summed E-state index contributed by atoms with van der Waals surface area (Å²) in [6, 6.07) is 14.7. The first-order valence-electron chi connectivity index (χ1n) is 9.10. The molecule has 144 valence electrons. The lowest BCUT2D eigenvalue weighted by Crippen LogP contribution is -2.23. The number of anilines is 3. The maximum absolute atomic E-state index is 12.1. The zero-order valence-electron chi connectivity index (χ0n) is 16.1. The number of carbonyl (C=O) groups is 2. The van der Waals surface area contributed by atoms with Crippen molar-refractivity contribution in [2.75, 3.05) is 35.7 Å². The van der Waals surface area contributed by atoms with Crippen LogP contribution in [0.1, 0.15) is 26.7 Å². The molecule has 0 bridgehead atoms. The van der Waals surface area contributed by atoms with E-state index < -0.39 is 0 Å². The Morgan fingerprint density at radius 3 is 2.22 bits per heavy atom. The molecule has 6 heteroatoms. The maximum Gasteiger partial charge on any atom is 0.243 e. The zero-order chi connectivity index (χ0) is 19.6. The Morgan fingerprint density at radius 1 is 1.00 bits per heavy atom. The standard InChI is InChI=1S/C21H27N3O3/c1-4-5-14-27-20-12-8-18(9-13-20)23-21(26)15-22-17-6-10-19(11-7-17)24(3)16(2)25/h6-13,22H,4-5,14-15H2,1-3H3,(H,23,26). The van der Waals surface area contributed by atoms with E-state index in [0.29, 0.717) is 6.61 Å². The molecule has 0 fully saturated rings. The van der Waals surface area contributed by atoms with Crippen molar-refractivity contribution in [3.05, 3.63) is 48.5 Å². The van der Waals surface area contributed by atoms with Crippen LogP contribution in [0.5, 0.6) is 5.75 Å². The normalized spacial score (nSPS) is 10.2. The number of unbranched alkanes of at least 4 members (excludes halogenated alkanes) is 1. The highest BCUT2D eigenvalue weighted by Gasteiger charge is 2.06. The Kier molecular flexibility index (Phi) is 7.67. The molecule has 0 heterocycles. The molecule has 2 aromatic rings. The molecular formula is C21H27N3O3. The zero-order valence-corrected chi connectivity index (χ0v) is 16.1. The fourth-order valence-corrected chi connectivity index (χ4v) is 2.34. The van der Waals surface area contributed by atoms with Gasteiger partial charge in [-0.1, -0.05) is 13.3 Å². The van der Waals surface area contributed by atoms with Crippen LogP contribution >= 0.6 is 0 Å². The van der Waals surface area contributed by atoms with E-state index in [1.165, 1.54) is 6.92 Å². The van der Waals surface area contributed by atoms with E-state index in [0.717, 1.165) is 35.7 Å². The number of rotatable bonds is 9. The van der Waals surface area contributed by atoms with Crippen molar-refractivity contribution in [3.63, 3.8) is 0 Å². The Morgan fingerprint density at radius 2 is 1.63 bits per heavy atom. The van der Waals surface area contributed by atoms with Gasteiger partial charge in [-0.2, -0.15) is 0 Å². The van der Waals surface area contributed by atoms with Gasteiger partial charge in [0.15, 0.2) is 0 Å². The van der Waals surface area contributed by atoms with Crippen molar-refractivity contribution in [2.45, 2.75) is 26.7 Å². The molecule has 27 heavy (non-hydrogen) atoms. The lowest BCUT2D eigenvalue weighted by Gasteiger charge is -2.15. The number of nitrogens with zero attached hydrogens (tertiary/aromatic N) is 1. The van der Waals surface area contributed by atoms with Crippen LogP contribution in [-0.4, -0.2) is 32.0 Å². The first-order chi connectivity index (χ1) is 13.0. The molecule has 0 aliphatic heterocycles. The predicted molar refractivity (Wildman–Crippen MR) is 109 cm³/mol. The van der Waals surface area contributed by atoms with Crippen LogP contribution < -0.4 is 20.3 Å². The van der Waals surface area contributed by atoms with E-state index in [4.69, 9.17) is 4.74 Å². The van der Waals surface area contributed by atoms with Crippen LogP contribution in [0.2, 0.25) is 0 Å². The summed E-state index contributed by atoms with van der Waals surface area (Å²) in [5, 5.41) is 5.91. The number of nitrogens with one attached hydrogen (secondary N) is 2. The molecule has 0 aromatic heterocycles. The third kappa shape index (κ3) is 6.66. The first kappa shape index (κ1) is 20.3. The van der Waals surface area contributed by atoms with Gasteiger partial charge in [0.25, 0.3) is 0 Å². The van der Waals surface area contributed by atoms with Gasteiger partial charge < -0.3 is 20.3 Å². The predicted octanol–water partition coefficient (Wildman–Crippen LogP) is 3.90. The quantitative estimate of drug-likeness (QED) is 0.658. The Labute approximate surface area is 160 Å². The van der Waals surface area contributed by atoms with E-state index in [-0.39, 0.29) is 18.4 Å². The summed E-state index contributed by atoms with van der Waals surface area (Å²) >= 11 is 0. The number of hydrogen-bond acceptors (Lipinski definition) is 4. The monoisotopic (exact) mass is 369 g/mol.